The van der Waals surface area contributed by atoms with Gasteiger partial charge in [-0.15, -0.1) is 0 Å². The van der Waals surface area contributed by atoms with E-state index in [-0.39, 0.29) is 23.5 Å². The molecule has 1 aliphatic heterocycles. The van der Waals surface area contributed by atoms with E-state index in [9.17, 15) is 18.0 Å². The van der Waals surface area contributed by atoms with Crippen molar-refractivity contribution in [2.24, 2.45) is 0 Å². The van der Waals surface area contributed by atoms with Gasteiger partial charge in [0.2, 0.25) is 0 Å². The second kappa shape index (κ2) is 8.86. The summed E-state index contributed by atoms with van der Waals surface area (Å²) in [6, 6.07) is 8.78. The molecule has 0 saturated heterocycles. The van der Waals surface area contributed by atoms with Crippen molar-refractivity contribution in [2.75, 3.05) is 24.9 Å². The quantitative estimate of drug-likeness (QED) is 0.506. The molecule has 1 aliphatic rings. The van der Waals surface area contributed by atoms with Crippen molar-refractivity contribution in [3.05, 3.63) is 64.8 Å². The SMILES string of the molecule is COc1cccc([C@@H]2C[C@@H](C(F)(F)F)n3ncc(C(=O)Nc4cc(Cl)ccc4OC)c3N2)c1. The molecule has 2 atom stereocenters. The highest BCUT2D eigenvalue weighted by molar-refractivity contribution is 6.31. The molecule has 2 heterocycles. The van der Waals surface area contributed by atoms with Crippen LogP contribution in [0.25, 0.3) is 0 Å². The minimum atomic E-state index is -4.57. The van der Waals surface area contributed by atoms with Crippen LogP contribution in [0.5, 0.6) is 11.5 Å². The topological polar surface area (TPSA) is 77.4 Å². The molecule has 11 heteroatoms. The molecule has 174 valence electrons. The number of benzene rings is 2. The lowest BCUT2D eigenvalue weighted by atomic mass is 9.96. The summed E-state index contributed by atoms with van der Waals surface area (Å²) in [6.45, 7) is 0. The van der Waals surface area contributed by atoms with Gasteiger partial charge in [0.05, 0.1) is 32.1 Å². The van der Waals surface area contributed by atoms with Gasteiger partial charge in [-0.1, -0.05) is 23.7 Å². The molecule has 0 bridgehead atoms. The van der Waals surface area contributed by atoms with Gasteiger partial charge in [0.15, 0.2) is 6.04 Å². The maximum absolute atomic E-state index is 13.9. The van der Waals surface area contributed by atoms with E-state index in [4.69, 9.17) is 21.1 Å². The molecule has 1 aromatic heterocycles. The lowest BCUT2D eigenvalue weighted by Gasteiger charge is -2.34. The number of anilines is 2. The highest BCUT2D eigenvalue weighted by Gasteiger charge is 2.47. The second-order valence-electron chi connectivity index (χ2n) is 7.42. The van der Waals surface area contributed by atoms with E-state index >= 15 is 0 Å². The second-order valence-corrected chi connectivity index (χ2v) is 7.85. The van der Waals surface area contributed by atoms with E-state index in [1.807, 2.05) is 0 Å². The Morgan fingerprint density at radius 2 is 2.00 bits per heavy atom. The molecule has 0 aliphatic carbocycles. The van der Waals surface area contributed by atoms with Crippen molar-refractivity contribution in [3.8, 4) is 11.5 Å². The zero-order chi connectivity index (χ0) is 23.8. The molecule has 0 fully saturated rings. The van der Waals surface area contributed by atoms with Crippen molar-refractivity contribution in [1.29, 1.82) is 0 Å². The highest BCUT2D eigenvalue weighted by Crippen LogP contribution is 2.44. The number of nitrogens with one attached hydrogen (secondary N) is 2. The summed E-state index contributed by atoms with van der Waals surface area (Å²) in [7, 11) is 2.91. The van der Waals surface area contributed by atoms with Crippen LogP contribution >= 0.6 is 11.6 Å². The van der Waals surface area contributed by atoms with Crippen LogP contribution in [-0.4, -0.2) is 36.1 Å². The van der Waals surface area contributed by atoms with Gasteiger partial charge in [0, 0.05) is 11.4 Å². The van der Waals surface area contributed by atoms with Crippen molar-refractivity contribution in [1.82, 2.24) is 9.78 Å². The fourth-order valence-corrected chi connectivity index (χ4v) is 3.95. The molecule has 4 rings (SSSR count). The van der Waals surface area contributed by atoms with E-state index in [2.05, 4.69) is 15.7 Å². The number of methoxy groups -OCH3 is 2. The number of halogens is 4. The Labute approximate surface area is 192 Å². The first-order valence-electron chi connectivity index (χ1n) is 9.91. The zero-order valence-corrected chi connectivity index (χ0v) is 18.4. The Morgan fingerprint density at radius 3 is 2.70 bits per heavy atom. The fraction of sp³-hybridized carbons (Fsp3) is 0.273. The Hall–Kier alpha value is -3.40. The van der Waals surface area contributed by atoms with Crippen LogP contribution in [0, 0.1) is 0 Å². The maximum Gasteiger partial charge on any atom is 0.410 e. The number of fused-ring (bicyclic) bond motifs is 1. The standard InChI is InChI=1S/C22H20ClF3N4O3/c1-32-14-5-3-4-12(8-14)16-10-19(22(24,25)26)30-20(28-16)15(11-27-30)21(31)29-17-9-13(23)6-7-18(17)33-2/h3-9,11,16,19,28H,10H2,1-2H3,(H,29,31)/t16-,19-/m0/s1. The first kappa shape index (κ1) is 22.8. The number of alkyl halides is 3. The first-order chi connectivity index (χ1) is 15.7. The van der Waals surface area contributed by atoms with E-state index in [1.165, 1.54) is 20.3 Å². The Balaban J connectivity index is 1.71. The van der Waals surface area contributed by atoms with Gasteiger partial charge in [0.25, 0.3) is 5.91 Å². The van der Waals surface area contributed by atoms with Crippen molar-refractivity contribution < 1.29 is 27.4 Å². The predicted molar refractivity (Wildman–Crippen MR) is 117 cm³/mol. The summed E-state index contributed by atoms with van der Waals surface area (Å²) in [5, 5.41) is 9.93. The molecule has 3 aromatic rings. The first-order valence-corrected chi connectivity index (χ1v) is 10.3. The van der Waals surface area contributed by atoms with Crippen LogP contribution in [0.1, 0.15) is 34.4 Å². The molecule has 0 radical (unpaired) electrons. The van der Waals surface area contributed by atoms with Crippen LogP contribution in [-0.2, 0) is 0 Å². The van der Waals surface area contributed by atoms with Crippen molar-refractivity contribution in [2.45, 2.75) is 24.7 Å². The van der Waals surface area contributed by atoms with Crippen LogP contribution in [0.15, 0.2) is 48.7 Å². The fourth-order valence-electron chi connectivity index (χ4n) is 3.77. The van der Waals surface area contributed by atoms with Gasteiger partial charge in [-0.3, -0.25) is 4.79 Å². The van der Waals surface area contributed by atoms with Gasteiger partial charge >= 0.3 is 6.18 Å². The van der Waals surface area contributed by atoms with Crippen molar-refractivity contribution in [3.63, 3.8) is 0 Å². The molecule has 7 nitrogen and oxygen atoms in total. The summed E-state index contributed by atoms with van der Waals surface area (Å²) in [5.41, 5.74) is 0.834. The van der Waals surface area contributed by atoms with Gasteiger partial charge < -0.3 is 20.1 Å². The van der Waals surface area contributed by atoms with Gasteiger partial charge in [-0.05, 0) is 35.9 Å². The average molecular weight is 481 g/mol. The smallest absolute Gasteiger partial charge is 0.410 e. The third-order valence-corrected chi connectivity index (χ3v) is 5.62. The number of ether oxygens (including phenoxy) is 2. The van der Waals surface area contributed by atoms with Crippen LogP contribution in [0.3, 0.4) is 0 Å². The zero-order valence-electron chi connectivity index (χ0n) is 17.6. The van der Waals surface area contributed by atoms with E-state index in [0.717, 1.165) is 10.9 Å². The number of hydrogen-bond acceptors (Lipinski definition) is 5. The minimum absolute atomic E-state index is 0.0325. The highest BCUT2D eigenvalue weighted by atomic mass is 35.5. The number of amides is 1. The average Bonchev–Trinajstić information content (AvgIpc) is 3.22. The normalized spacial score (nSPS) is 17.6. The molecule has 0 spiro atoms. The predicted octanol–water partition coefficient (Wildman–Crippen LogP) is 5.47. The summed E-state index contributed by atoms with van der Waals surface area (Å²) in [5.74, 6) is 0.179. The van der Waals surface area contributed by atoms with Crippen LogP contribution < -0.4 is 20.1 Å². The third kappa shape index (κ3) is 4.56. The van der Waals surface area contributed by atoms with E-state index in [1.54, 1.807) is 36.4 Å². The van der Waals surface area contributed by atoms with Crippen LogP contribution in [0.2, 0.25) is 5.02 Å². The number of carbonyl (C=O) groups is 1. The number of aromatic nitrogens is 2. The van der Waals surface area contributed by atoms with Gasteiger partial charge in [0.1, 0.15) is 22.9 Å². The van der Waals surface area contributed by atoms with E-state index < -0.39 is 24.2 Å². The summed E-state index contributed by atoms with van der Waals surface area (Å²) >= 11 is 6.01. The number of nitrogens with zero attached hydrogens (tertiary/aromatic N) is 2. The maximum atomic E-state index is 13.9. The Morgan fingerprint density at radius 1 is 1.21 bits per heavy atom. The van der Waals surface area contributed by atoms with E-state index in [0.29, 0.717) is 22.1 Å². The largest absolute Gasteiger partial charge is 0.497 e. The third-order valence-electron chi connectivity index (χ3n) is 5.39. The molecular formula is C22H20ClF3N4O3. The molecule has 0 unspecified atom stereocenters. The number of rotatable bonds is 5. The lowest BCUT2D eigenvalue weighted by Crippen LogP contribution is -2.36. The Bertz CT molecular complexity index is 1180. The molecule has 0 saturated carbocycles. The molecule has 2 aromatic carbocycles. The van der Waals surface area contributed by atoms with Crippen molar-refractivity contribution >= 4 is 29.0 Å². The monoisotopic (exact) mass is 480 g/mol. The number of carbonyl (C=O) groups excluding carboxylic acids is 1. The molecule has 33 heavy (non-hydrogen) atoms. The summed E-state index contributed by atoms with van der Waals surface area (Å²) in [4.78, 5) is 13.0. The Kier molecular flexibility index (Phi) is 6.11. The molecular weight excluding hydrogens is 461 g/mol. The lowest BCUT2D eigenvalue weighted by molar-refractivity contribution is -0.173. The molecule has 1 amide bonds. The van der Waals surface area contributed by atoms with Gasteiger partial charge in [-0.25, -0.2) is 4.68 Å². The summed E-state index contributed by atoms with van der Waals surface area (Å²) in [6.07, 6.45) is -3.75. The molecule has 2 N–H and O–H groups in total. The summed E-state index contributed by atoms with van der Waals surface area (Å²) < 4.78 is 53.0. The number of hydrogen-bond donors (Lipinski definition) is 2. The van der Waals surface area contributed by atoms with Crippen LogP contribution in [0.4, 0.5) is 24.7 Å². The minimum Gasteiger partial charge on any atom is -0.497 e. The van der Waals surface area contributed by atoms with Gasteiger partial charge in [-0.2, -0.15) is 18.3 Å².